The van der Waals surface area contributed by atoms with E-state index in [4.69, 9.17) is 0 Å². The zero-order valence-electron chi connectivity index (χ0n) is 14.0. The van der Waals surface area contributed by atoms with Crippen LogP contribution in [-0.4, -0.2) is 11.2 Å². The number of nitro groups is 1. The van der Waals surface area contributed by atoms with Crippen LogP contribution in [0.25, 0.3) is 0 Å². The van der Waals surface area contributed by atoms with E-state index >= 15 is 0 Å². The zero-order chi connectivity index (χ0) is 16.5. The van der Waals surface area contributed by atoms with Crippen LogP contribution in [0.1, 0.15) is 84.0 Å². The van der Waals surface area contributed by atoms with Crippen molar-refractivity contribution in [2.75, 3.05) is 0 Å². The van der Waals surface area contributed by atoms with Crippen molar-refractivity contribution in [3.05, 3.63) is 34.0 Å². The van der Waals surface area contributed by atoms with Crippen LogP contribution >= 0.6 is 0 Å². The lowest BCUT2D eigenvalue weighted by molar-refractivity contribution is -0.428. The first-order valence-corrected chi connectivity index (χ1v) is 8.64. The standard InChI is InChI=1S/C18H31NO3/c1-2-3-4-5-6-9-12-15-18(19(21)22)16-13-10-7-8-11-14-17-20/h6,9,15,17H,2-5,7-8,10-14,16H2,1H3/b9-6+,18-15+. The molecule has 0 aliphatic rings. The zero-order valence-corrected chi connectivity index (χ0v) is 14.0. The molecule has 22 heavy (non-hydrogen) atoms. The first-order chi connectivity index (χ1) is 10.7. The molecular formula is C18H31NO3. The SMILES string of the molecule is CCCCC/C=C/C/C=C(\CCCCCCCC=O)[N+](=O)[O-]. The molecule has 0 amide bonds. The molecule has 0 rings (SSSR count). The van der Waals surface area contributed by atoms with E-state index < -0.39 is 0 Å². The second-order valence-electron chi connectivity index (χ2n) is 5.63. The molecule has 0 aliphatic carbocycles. The van der Waals surface area contributed by atoms with Gasteiger partial charge in [-0.05, 0) is 38.2 Å². The maximum Gasteiger partial charge on any atom is 0.242 e. The summed E-state index contributed by atoms with van der Waals surface area (Å²) in [6.07, 6.45) is 18.3. The molecule has 0 N–H and O–H groups in total. The lowest BCUT2D eigenvalue weighted by Gasteiger charge is -2.00. The van der Waals surface area contributed by atoms with Crippen molar-refractivity contribution >= 4 is 6.29 Å². The van der Waals surface area contributed by atoms with Crippen LogP contribution in [-0.2, 0) is 4.79 Å². The number of hydrogen-bond acceptors (Lipinski definition) is 3. The highest BCUT2D eigenvalue weighted by molar-refractivity contribution is 5.48. The van der Waals surface area contributed by atoms with E-state index in [0.29, 0.717) is 25.0 Å². The second kappa shape index (κ2) is 15.9. The van der Waals surface area contributed by atoms with Gasteiger partial charge in [-0.3, -0.25) is 10.1 Å². The summed E-state index contributed by atoms with van der Waals surface area (Å²) < 4.78 is 0. The minimum Gasteiger partial charge on any atom is -0.303 e. The molecule has 0 saturated heterocycles. The summed E-state index contributed by atoms with van der Waals surface area (Å²) in [5.41, 5.74) is 0.339. The van der Waals surface area contributed by atoms with E-state index in [9.17, 15) is 14.9 Å². The molecule has 0 unspecified atom stereocenters. The number of rotatable bonds is 15. The summed E-state index contributed by atoms with van der Waals surface area (Å²) >= 11 is 0. The third kappa shape index (κ3) is 13.5. The van der Waals surface area contributed by atoms with Crippen molar-refractivity contribution in [2.45, 2.75) is 84.0 Å². The average molecular weight is 309 g/mol. The fourth-order valence-corrected chi connectivity index (χ4v) is 2.26. The van der Waals surface area contributed by atoms with Gasteiger partial charge < -0.3 is 4.79 Å². The van der Waals surface area contributed by atoms with Crippen molar-refractivity contribution in [3.63, 3.8) is 0 Å². The molecule has 0 aromatic rings. The highest BCUT2D eigenvalue weighted by atomic mass is 16.6. The molecule has 0 aromatic heterocycles. The highest BCUT2D eigenvalue weighted by Gasteiger charge is 2.08. The summed E-state index contributed by atoms with van der Waals surface area (Å²) in [6, 6.07) is 0. The second-order valence-corrected chi connectivity index (χ2v) is 5.63. The molecule has 0 saturated carbocycles. The third-order valence-corrected chi connectivity index (χ3v) is 3.62. The Morgan fingerprint density at radius 1 is 0.955 bits per heavy atom. The van der Waals surface area contributed by atoms with Crippen molar-refractivity contribution in [3.8, 4) is 0 Å². The summed E-state index contributed by atoms with van der Waals surface area (Å²) in [6.45, 7) is 2.18. The normalized spacial score (nSPS) is 12.0. The topological polar surface area (TPSA) is 60.2 Å². The van der Waals surface area contributed by atoms with E-state index in [1.165, 1.54) is 19.3 Å². The Bertz CT molecular complexity index is 348. The van der Waals surface area contributed by atoms with Crippen molar-refractivity contribution in [2.24, 2.45) is 0 Å². The number of aldehydes is 1. The van der Waals surface area contributed by atoms with Crippen LogP contribution in [0.3, 0.4) is 0 Å². The molecule has 0 atom stereocenters. The van der Waals surface area contributed by atoms with Crippen molar-refractivity contribution in [1.82, 2.24) is 0 Å². The van der Waals surface area contributed by atoms with Crippen LogP contribution in [0.4, 0.5) is 0 Å². The lowest BCUT2D eigenvalue weighted by Crippen LogP contribution is -1.98. The summed E-state index contributed by atoms with van der Waals surface area (Å²) in [7, 11) is 0. The van der Waals surface area contributed by atoms with E-state index in [2.05, 4.69) is 13.0 Å². The van der Waals surface area contributed by atoms with Gasteiger partial charge in [0.2, 0.25) is 5.70 Å². The molecule has 0 aliphatic heterocycles. The number of carbonyl (C=O) groups is 1. The van der Waals surface area contributed by atoms with Crippen LogP contribution in [0.2, 0.25) is 0 Å². The third-order valence-electron chi connectivity index (χ3n) is 3.62. The largest absolute Gasteiger partial charge is 0.303 e. The summed E-state index contributed by atoms with van der Waals surface area (Å²) in [5, 5.41) is 11.0. The maximum absolute atomic E-state index is 11.0. The first kappa shape index (κ1) is 20.6. The van der Waals surface area contributed by atoms with Gasteiger partial charge >= 0.3 is 0 Å². The lowest BCUT2D eigenvalue weighted by atomic mass is 10.1. The van der Waals surface area contributed by atoms with Gasteiger partial charge in [0.05, 0.1) is 4.92 Å². The Morgan fingerprint density at radius 3 is 2.32 bits per heavy atom. The number of hydrogen-bond donors (Lipinski definition) is 0. The van der Waals surface area contributed by atoms with E-state index in [1.54, 1.807) is 6.08 Å². The summed E-state index contributed by atoms with van der Waals surface area (Å²) in [4.78, 5) is 20.9. The number of carbonyl (C=O) groups excluding carboxylic acids is 1. The van der Waals surface area contributed by atoms with Gasteiger partial charge in [-0.2, -0.15) is 0 Å². The van der Waals surface area contributed by atoms with E-state index in [-0.39, 0.29) is 4.92 Å². The molecule has 0 bridgehead atoms. The molecule has 0 radical (unpaired) electrons. The molecule has 0 spiro atoms. The number of unbranched alkanes of at least 4 members (excludes halogenated alkanes) is 8. The Labute approximate surface area is 134 Å². The van der Waals surface area contributed by atoms with Crippen LogP contribution in [0.5, 0.6) is 0 Å². The number of nitrogens with zero attached hydrogens (tertiary/aromatic N) is 1. The molecule has 4 heteroatoms. The van der Waals surface area contributed by atoms with Gasteiger partial charge in [0.25, 0.3) is 0 Å². The van der Waals surface area contributed by atoms with Gasteiger partial charge in [-0.1, -0.05) is 51.2 Å². The smallest absolute Gasteiger partial charge is 0.242 e. The van der Waals surface area contributed by atoms with Crippen molar-refractivity contribution in [1.29, 1.82) is 0 Å². The average Bonchev–Trinajstić information content (AvgIpc) is 2.50. The van der Waals surface area contributed by atoms with Crippen molar-refractivity contribution < 1.29 is 9.72 Å². The Kier molecular flexibility index (Phi) is 14.9. The highest BCUT2D eigenvalue weighted by Crippen LogP contribution is 2.13. The maximum atomic E-state index is 11.0. The van der Waals surface area contributed by atoms with Gasteiger partial charge in [-0.25, -0.2) is 0 Å². The molecular weight excluding hydrogens is 278 g/mol. The van der Waals surface area contributed by atoms with Gasteiger partial charge in [-0.15, -0.1) is 0 Å². The van der Waals surface area contributed by atoms with Crippen LogP contribution in [0, 0.1) is 10.1 Å². The molecule has 0 heterocycles. The quantitative estimate of drug-likeness (QED) is 0.130. The van der Waals surface area contributed by atoms with Crippen LogP contribution < -0.4 is 0 Å². The molecule has 0 fully saturated rings. The Morgan fingerprint density at radius 2 is 1.64 bits per heavy atom. The first-order valence-electron chi connectivity index (χ1n) is 8.64. The van der Waals surface area contributed by atoms with E-state index in [1.807, 2.05) is 6.08 Å². The minimum atomic E-state index is -0.253. The fraction of sp³-hybridized carbons (Fsp3) is 0.722. The fourth-order valence-electron chi connectivity index (χ4n) is 2.26. The predicted molar refractivity (Wildman–Crippen MR) is 91.4 cm³/mol. The molecule has 126 valence electrons. The molecule has 0 aromatic carbocycles. The summed E-state index contributed by atoms with van der Waals surface area (Å²) in [5.74, 6) is 0. The molecule has 4 nitrogen and oxygen atoms in total. The minimum absolute atomic E-state index is 0.253. The van der Waals surface area contributed by atoms with E-state index in [0.717, 1.165) is 44.8 Å². The monoisotopic (exact) mass is 309 g/mol. The predicted octanol–water partition coefficient (Wildman–Crippen LogP) is 5.60. The van der Waals surface area contributed by atoms with Gasteiger partial charge in [0.1, 0.15) is 6.29 Å². The Balaban J connectivity index is 3.82. The Hall–Kier alpha value is -1.45. The number of allylic oxidation sites excluding steroid dienone is 4. The van der Waals surface area contributed by atoms with Crippen LogP contribution in [0.15, 0.2) is 23.9 Å². The van der Waals surface area contributed by atoms with Gasteiger partial charge in [0.15, 0.2) is 0 Å². The van der Waals surface area contributed by atoms with Gasteiger partial charge in [0, 0.05) is 12.8 Å².